The summed E-state index contributed by atoms with van der Waals surface area (Å²) in [6.07, 6.45) is 0.210. The summed E-state index contributed by atoms with van der Waals surface area (Å²) in [5.74, 6) is -13.9. The van der Waals surface area contributed by atoms with Crippen LogP contribution in [0.15, 0.2) is 6.08 Å². The fourth-order valence-electron chi connectivity index (χ4n) is 1.20. The van der Waals surface area contributed by atoms with Crippen molar-refractivity contribution in [3.05, 3.63) is 40.7 Å². The molecule has 8 heteroatoms. The number of esters is 1. The largest absolute Gasteiger partial charge is 0.507 e. The van der Waals surface area contributed by atoms with Gasteiger partial charge in [-0.2, -0.15) is 0 Å². The van der Waals surface area contributed by atoms with Gasteiger partial charge < -0.3 is 9.84 Å². The van der Waals surface area contributed by atoms with E-state index in [0.717, 1.165) is 0 Å². The molecule has 0 fully saturated rings. The maximum atomic E-state index is 13.2. The molecule has 104 valence electrons. The molecule has 0 aromatic heterocycles. The maximum absolute atomic E-state index is 13.2. The maximum Gasteiger partial charge on any atom is 0.334 e. The highest BCUT2D eigenvalue weighted by Gasteiger charge is 2.28. The summed E-state index contributed by atoms with van der Waals surface area (Å²) in [6.45, 7) is 1.32. The summed E-state index contributed by atoms with van der Waals surface area (Å²) in [5, 5.41) is 9.24. The van der Waals surface area contributed by atoms with E-state index in [2.05, 4.69) is 4.74 Å². The predicted molar refractivity (Wildman–Crippen MR) is 53.5 cm³/mol. The van der Waals surface area contributed by atoms with Gasteiger partial charge in [0, 0.05) is 0 Å². The van der Waals surface area contributed by atoms with Crippen molar-refractivity contribution >= 4 is 11.7 Å². The minimum absolute atomic E-state index is 0.0975. The molecule has 19 heavy (non-hydrogen) atoms. The van der Waals surface area contributed by atoms with Gasteiger partial charge in [0.25, 0.3) is 0 Å². The Bertz CT molecular complexity index is 525. The number of benzene rings is 1. The van der Waals surface area contributed by atoms with Crippen LogP contribution >= 0.6 is 0 Å². The Balaban J connectivity index is 3.39. The lowest BCUT2D eigenvalue weighted by molar-refractivity contribution is -0.137. The molecule has 0 saturated carbocycles. The summed E-state index contributed by atoms with van der Waals surface area (Å²) in [4.78, 5) is 10.9. The Morgan fingerprint density at radius 2 is 1.47 bits per heavy atom. The van der Waals surface area contributed by atoms with Crippen molar-refractivity contribution in [2.75, 3.05) is 6.61 Å². The fraction of sp³-hybridized carbons (Fsp3) is 0.182. The summed E-state index contributed by atoms with van der Waals surface area (Å²) in [5.41, 5.74) is -1.59. The lowest BCUT2D eigenvalue weighted by Gasteiger charge is -2.07. The zero-order valence-electron chi connectivity index (χ0n) is 9.44. The van der Waals surface area contributed by atoms with Gasteiger partial charge in [-0.15, -0.1) is 0 Å². The molecule has 1 N–H and O–H groups in total. The molecule has 1 rings (SSSR count). The normalized spacial score (nSPS) is 11.6. The molecular formula is C11H7F5O3. The van der Waals surface area contributed by atoms with Crippen LogP contribution in [0.3, 0.4) is 0 Å². The Kier molecular flexibility index (Phi) is 4.47. The van der Waals surface area contributed by atoms with Crippen molar-refractivity contribution < 1.29 is 36.6 Å². The van der Waals surface area contributed by atoms with Crippen molar-refractivity contribution in [3.63, 3.8) is 0 Å². The number of carbonyl (C=O) groups is 1. The molecule has 0 atom stereocenters. The molecule has 0 bridgehead atoms. The zero-order valence-corrected chi connectivity index (χ0v) is 9.44. The lowest BCUT2D eigenvalue weighted by atomic mass is 10.1. The van der Waals surface area contributed by atoms with Crippen molar-refractivity contribution in [1.29, 1.82) is 0 Å². The standard InChI is InChI=1S/C11H7F5O3/c1-2-19-5(18)3-4(17)6-7(12)9(14)11(16)10(15)8(6)13/h3,17H,2H2,1H3/b4-3+. The van der Waals surface area contributed by atoms with E-state index in [9.17, 15) is 31.9 Å². The number of aliphatic hydroxyl groups excluding tert-OH is 1. The van der Waals surface area contributed by atoms with Gasteiger partial charge in [-0.1, -0.05) is 0 Å². The monoisotopic (exact) mass is 282 g/mol. The third-order valence-corrected chi connectivity index (χ3v) is 2.01. The number of carbonyl (C=O) groups excluding carboxylic acids is 1. The average Bonchev–Trinajstić information content (AvgIpc) is 2.34. The van der Waals surface area contributed by atoms with E-state index in [1.54, 1.807) is 0 Å². The van der Waals surface area contributed by atoms with Crippen molar-refractivity contribution in [3.8, 4) is 0 Å². The van der Waals surface area contributed by atoms with Crippen LogP contribution < -0.4 is 0 Å². The average molecular weight is 282 g/mol. The van der Waals surface area contributed by atoms with Gasteiger partial charge in [0.05, 0.1) is 18.2 Å². The molecule has 0 radical (unpaired) electrons. The summed E-state index contributed by atoms with van der Waals surface area (Å²) in [6, 6.07) is 0. The first-order valence-electron chi connectivity index (χ1n) is 4.90. The first-order chi connectivity index (χ1) is 8.81. The van der Waals surface area contributed by atoms with Crippen LogP contribution in [0.5, 0.6) is 0 Å². The topological polar surface area (TPSA) is 46.5 Å². The number of hydrogen-bond donors (Lipinski definition) is 1. The molecule has 0 saturated heterocycles. The summed E-state index contributed by atoms with van der Waals surface area (Å²) >= 11 is 0. The van der Waals surface area contributed by atoms with E-state index in [1.165, 1.54) is 6.92 Å². The minimum Gasteiger partial charge on any atom is -0.507 e. The molecule has 1 aromatic carbocycles. The van der Waals surface area contributed by atoms with E-state index in [0.29, 0.717) is 0 Å². The van der Waals surface area contributed by atoms with Crippen molar-refractivity contribution in [2.45, 2.75) is 6.92 Å². The molecule has 0 aliphatic heterocycles. The van der Waals surface area contributed by atoms with E-state index in [4.69, 9.17) is 0 Å². The minimum atomic E-state index is -2.36. The van der Waals surface area contributed by atoms with Crippen LogP contribution in [-0.2, 0) is 9.53 Å². The van der Waals surface area contributed by atoms with Crippen LogP contribution in [0, 0.1) is 29.1 Å². The second-order valence-corrected chi connectivity index (χ2v) is 3.23. The third kappa shape index (κ3) is 2.83. The van der Waals surface area contributed by atoms with Crippen molar-refractivity contribution in [1.82, 2.24) is 0 Å². The SMILES string of the molecule is CCOC(=O)/C=C(/O)c1c(F)c(F)c(F)c(F)c1F. The summed E-state index contributed by atoms with van der Waals surface area (Å²) < 4.78 is 69.1. The van der Waals surface area contributed by atoms with Crippen LogP contribution in [0.25, 0.3) is 5.76 Å². The lowest BCUT2D eigenvalue weighted by Crippen LogP contribution is -2.08. The number of rotatable bonds is 3. The van der Waals surface area contributed by atoms with Gasteiger partial charge in [0.1, 0.15) is 5.76 Å². The van der Waals surface area contributed by atoms with Crippen LogP contribution in [0.4, 0.5) is 22.0 Å². The number of halogens is 5. The van der Waals surface area contributed by atoms with Crippen LogP contribution in [0.2, 0.25) is 0 Å². The fourth-order valence-corrected chi connectivity index (χ4v) is 1.20. The Labute approximate surface area is 103 Å². The molecule has 0 unspecified atom stereocenters. The molecule has 0 aliphatic rings. The van der Waals surface area contributed by atoms with Crippen molar-refractivity contribution in [2.24, 2.45) is 0 Å². The Morgan fingerprint density at radius 3 is 1.89 bits per heavy atom. The highest BCUT2D eigenvalue weighted by molar-refractivity contribution is 5.89. The quantitative estimate of drug-likeness (QED) is 0.231. The van der Waals surface area contributed by atoms with Crippen LogP contribution in [0.1, 0.15) is 12.5 Å². The van der Waals surface area contributed by atoms with E-state index < -0.39 is 46.4 Å². The predicted octanol–water partition coefficient (Wildman–Crippen LogP) is 2.84. The van der Waals surface area contributed by atoms with Gasteiger partial charge in [-0.05, 0) is 6.92 Å². The molecule has 0 heterocycles. The van der Waals surface area contributed by atoms with Gasteiger partial charge in [-0.25, -0.2) is 26.7 Å². The molecule has 0 aliphatic carbocycles. The number of ether oxygens (including phenoxy) is 1. The van der Waals surface area contributed by atoms with Gasteiger partial charge in [0.2, 0.25) is 5.82 Å². The molecule has 0 spiro atoms. The first-order valence-corrected chi connectivity index (χ1v) is 4.90. The molecule has 0 amide bonds. The molecule has 3 nitrogen and oxygen atoms in total. The van der Waals surface area contributed by atoms with E-state index in [-0.39, 0.29) is 12.7 Å². The smallest absolute Gasteiger partial charge is 0.334 e. The molecular weight excluding hydrogens is 275 g/mol. The first kappa shape index (κ1) is 14.9. The van der Waals surface area contributed by atoms with Gasteiger partial charge in [0.15, 0.2) is 23.3 Å². The Morgan fingerprint density at radius 1 is 1.05 bits per heavy atom. The number of aliphatic hydroxyl groups is 1. The van der Waals surface area contributed by atoms with E-state index >= 15 is 0 Å². The highest BCUT2D eigenvalue weighted by atomic mass is 19.2. The van der Waals surface area contributed by atoms with Gasteiger partial charge >= 0.3 is 5.97 Å². The second kappa shape index (κ2) is 5.68. The van der Waals surface area contributed by atoms with E-state index in [1.807, 2.05) is 0 Å². The Hall–Kier alpha value is -2.12. The third-order valence-electron chi connectivity index (χ3n) is 2.01. The summed E-state index contributed by atoms with van der Waals surface area (Å²) in [7, 11) is 0. The van der Waals surface area contributed by atoms with Gasteiger partial charge in [-0.3, -0.25) is 0 Å². The zero-order chi connectivity index (χ0) is 14.7. The highest BCUT2D eigenvalue weighted by Crippen LogP contribution is 2.27. The van der Waals surface area contributed by atoms with Crippen LogP contribution in [-0.4, -0.2) is 17.7 Å². The number of hydrogen-bond acceptors (Lipinski definition) is 3. The molecule has 1 aromatic rings. The second-order valence-electron chi connectivity index (χ2n) is 3.23.